The smallest absolute Gasteiger partial charge is 0.322 e. The number of esters is 1. The maximum absolute atomic E-state index is 12.5. The van der Waals surface area contributed by atoms with Gasteiger partial charge in [-0.2, -0.15) is 0 Å². The number of carbonyl (C=O) groups excluding carboxylic acids is 1. The molecule has 3 rings (SSSR count). The van der Waals surface area contributed by atoms with E-state index >= 15 is 0 Å². The summed E-state index contributed by atoms with van der Waals surface area (Å²) >= 11 is 2.98. The average molecular weight is 514 g/mol. The second kappa shape index (κ2) is 11.4. The molecule has 188 valence electrons. The molecule has 35 heavy (non-hydrogen) atoms. The predicted octanol–water partition coefficient (Wildman–Crippen LogP) is 5.54. The normalized spacial score (nSPS) is 11.9. The van der Waals surface area contributed by atoms with Gasteiger partial charge in [0.25, 0.3) is 0 Å². The van der Waals surface area contributed by atoms with E-state index in [2.05, 4.69) is 17.2 Å². The molecule has 0 unspecified atom stereocenters. The second-order valence-corrected chi connectivity index (χ2v) is 12.6. The number of nitrogens with two attached hydrogens (primary N) is 1. The Morgan fingerprint density at radius 1 is 1.14 bits per heavy atom. The zero-order valence-corrected chi connectivity index (χ0v) is 23.0. The molecule has 0 aliphatic heterocycles. The summed E-state index contributed by atoms with van der Waals surface area (Å²) in [5.41, 5.74) is 10.3. The first kappa shape index (κ1) is 26.9. The predicted molar refractivity (Wildman–Crippen MR) is 145 cm³/mol. The van der Waals surface area contributed by atoms with Gasteiger partial charge in [0, 0.05) is 36.7 Å². The first-order valence-corrected chi connectivity index (χ1v) is 13.4. The van der Waals surface area contributed by atoms with Crippen LogP contribution in [0.4, 0.5) is 11.6 Å². The minimum Gasteiger partial charge on any atom is -0.459 e. The second-order valence-electron chi connectivity index (χ2n) is 9.83. The lowest BCUT2D eigenvalue weighted by Crippen LogP contribution is -2.36. The molecule has 0 spiro atoms. The summed E-state index contributed by atoms with van der Waals surface area (Å²) in [6.45, 7) is 12.1. The summed E-state index contributed by atoms with van der Waals surface area (Å²) < 4.78 is 5.69. The lowest BCUT2D eigenvalue weighted by Gasteiger charge is -2.27. The quantitative estimate of drug-likeness (QED) is 0.207. The molecule has 9 heteroatoms. The summed E-state index contributed by atoms with van der Waals surface area (Å²) in [4.78, 5) is 26.5. The number of nitrogens with zero attached hydrogens (tertiary/aromatic N) is 3. The molecule has 0 saturated carbocycles. The summed E-state index contributed by atoms with van der Waals surface area (Å²) in [6.07, 6.45) is 4.25. The van der Waals surface area contributed by atoms with Gasteiger partial charge in [-0.15, -0.1) is 11.3 Å². The Morgan fingerprint density at radius 2 is 1.86 bits per heavy atom. The lowest BCUT2D eigenvalue weighted by atomic mass is 10.0. The number of anilines is 2. The number of nitrogen functional groups attached to an aromatic ring is 1. The molecular weight excluding hydrogens is 478 g/mol. The van der Waals surface area contributed by atoms with Crippen LogP contribution in [0.1, 0.15) is 64.1 Å². The van der Waals surface area contributed by atoms with Crippen molar-refractivity contribution in [1.29, 1.82) is 0 Å². The van der Waals surface area contributed by atoms with Crippen molar-refractivity contribution in [3.8, 4) is 0 Å². The van der Waals surface area contributed by atoms with Gasteiger partial charge in [0.2, 0.25) is 5.95 Å². The molecule has 3 aromatic rings. The van der Waals surface area contributed by atoms with Crippen molar-refractivity contribution >= 4 is 40.7 Å². The fourth-order valence-electron chi connectivity index (χ4n) is 3.22. The van der Waals surface area contributed by atoms with Crippen LogP contribution < -0.4 is 11.1 Å². The van der Waals surface area contributed by atoms with Crippen LogP contribution in [-0.2, 0) is 28.8 Å². The van der Waals surface area contributed by atoms with Gasteiger partial charge in [-0.05, 0) is 64.3 Å². The zero-order chi connectivity index (χ0) is 25.6. The maximum Gasteiger partial charge on any atom is 0.322 e. The molecule has 0 aliphatic rings. The highest BCUT2D eigenvalue weighted by molar-refractivity contribution is 8.03. The van der Waals surface area contributed by atoms with Gasteiger partial charge in [-0.25, -0.2) is 15.0 Å². The Hall–Kier alpha value is -2.65. The monoisotopic (exact) mass is 513 g/mol. The van der Waals surface area contributed by atoms with E-state index in [0.29, 0.717) is 12.5 Å². The standard InChI is InChI=1S/C26H35N5O2S2/c1-7-18-15-29-23(31-21(18)14-17-8-10-19(27)11-9-17)28-13-12-20-16-34-24(30-20)35-26(5,6)22(32)33-25(2,3)4/h8-11,15-16H,7,12-14,27H2,1-6H3,(H,28,29,31). The third-order valence-electron chi connectivity index (χ3n) is 5.11. The van der Waals surface area contributed by atoms with Crippen LogP contribution in [0.2, 0.25) is 0 Å². The van der Waals surface area contributed by atoms with E-state index in [1.54, 1.807) is 11.3 Å². The van der Waals surface area contributed by atoms with E-state index in [1.165, 1.54) is 17.3 Å². The minimum absolute atomic E-state index is 0.240. The van der Waals surface area contributed by atoms with E-state index in [-0.39, 0.29) is 5.97 Å². The molecule has 0 saturated heterocycles. The summed E-state index contributed by atoms with van der Waals surface area (Å²) in [5, 5.41) is 5.35. The largest absolute Gasteiger partial charge is 0.459 e. The van der Waals surface area contributed by atoms with Gasteiger partial charge in [-0.3, -0.25) is 4.79 Å². The van der Waals surface area contributed by atoms with Crippen LogP contribution >= 0.6 is 23.1 Å². The molecule has 0 fully saturated rings. The van der Waals surface area contributed by atoms with Crippen molar-refractivity contribution in [2.75, 3.05) is 17.6 Å². The van der Waals surface area contributed by atoms with Gasteiger partial charge < -0.3 is 15.8 Å². The third-order valence-corrected chi connectivity index (χ3v) is 7.28. The van der Waals surface area contributed by atoms with Crippen LogP contribution in [0.25, 0.3) is 0 Å². The van der Waals surface area contributed by atoms with Crippen LogP contribution in [-0.4, -0.2) is 37.8 Å². The Kier molecular flexibility index (Phi) is 8.77. The number of benzene rings is 1. The van der Waals surface area contributed by atoms with Gasteiger partial charge >= 0.3 is 5.97 Å². The van der Waals surface area contributed by atoms with Crippen molar-refractivity contribution in [2.45, 2.75) is 75.5 Å². The number of thioether (sulfide) groups is 1. The number of nitrogens with one attached hydrogen (secondary N) is 1. The van der Waals surface area contributed by atoms with Gasteiger partial charge in [0.15, 0.2) is 4.34 Å². The van der Waals surface area contributed by atoms with Gasteiger partial charge in [-0.1, -0.05) is 30.8 Å². The van der Waals surface area contributed by atoms with Crippen LogP contribution in [0.5, 0.6) is 0 Å². The number of thiazole rings is 1. The summed E-state index contributed by atoms with van der Waals surface area (Å²) in [5.74, 6) is 0.374. The maximum atomic E-state index is 12.5. The highest BCUT2D eigenvalue weighted by atomic mass is 32.2. The number of hydrogen-bond acceptors (Lipinski definition) is 9. The Labute approximate surface area is 216 Å². The van der Waals surface area contributed by atoms with Crippen molar-refractivity contribution in [3.05, 3.63) is 58.4 Å². The molecule has 0 aliphatic carbocycles. The SMILES string of the molecule is CCc1cnc(NCCc2csc(SC(C)(C)C(=O)OC(C)(C)C)n2)nc1Cc1ccc(N)cc1. The molecule has 3 N–H and O–H groups in total. The highest BCUT2D eigenvalue weighted by Crippen LogP contribution is 2.36. The molecule has 7 nitrogen and oxygen atoms in total. The van der Waals surface area contributed by atoms with E-state index in [0.717, 1.165) is 46.2 Å². The topological polar surface area (TPSA) is 103 Å². The third kappa shape index (κ3) is 8.21. The number of aromatic nitrogens is 3. The molecule has 0 amide bonds. The molecular formula is C26H35N5O2S2. The van der Waals surface area contributed by atoms with Crippen LogP contribution in [0.15, 0.2) is 40.2 Å². The van der Waals surface area contributed by atoms with Crippen LogP contribution in [0.3, 0.4) is 0 Å². The molecule has 0 bridgehead atoms. The first-order chi connectivity index (χ1) is 16.4. The molecule has 2 aromatic heterocycles. The van der Waals surface area contributed by atoms with E-state index in [9.17, 15) is 4.79 Å². The minimum atomic E-state index is -0.712. The number of aryl methyl sites for hydroxylation is 1. The number of carbonyl (C=O) groups is 1. The Morgan fingerprint density at radius 3 is 2.51 bits per heavy atom. The molecule has 2 heterocycles. The summed E-state index contributed by atoms with van der Waals surface area (Å²) in [7, 11) is 0. The highest BCUT2D eigenvalue weighted by Gasteiger charge is 2.34. The Bertz CT molecular complexity index is 1140. The van der Waals surface area contributed by atoms with Crippen LogP contribution in [0, 0.1) is 0 Å². The van der Waals surface area contributed by atoms with Gasteiger partial charge in [0.05, 0.1) is 11.4 Å². The molecule has 1 aromatic carbocycles. The molecule has 0 atom stereocenters. The zero-order valence-electron chi connectivity index (χ0n) is 21.3. The number of ether oxygens (including phenoxy) is 1. The lowest BCUT2D eigenvalue weighted by molar-refractivity contribution is -0.156. The number of rotatable bonds is 10. The fourth-order valence-corrected chi connectivity index (χ4v) is 5.48. The van der Waals surface area contributed by atoms with E-state index in [1.807, 2.05) is 70.5 Å². The Balaban J connectivity index is 1.57. The van der Waals surface area contributed by atoms with E-state index < -0.39 is 10.3 Å². The first-order valence-electron chi connectivity index (χ1n) is 11.7. The fraction of sp³-hybridized carbons (Fsp3) is 0.462. The number of hydrogen-bond donors (Lipinski definition) is 2. The summed E-state index contributed by atoms with van der Waals surface area (Å²) in [6, 6.07) is 7.89. The molecule has 0 radical (unpaired) electrons. The average Bonchev–Trinajstić information content (AvgIpc) is 3.21. The van der Waals surface area contributed by atoms with E-state index in [4.69, 9.17) is 20.4 Å². The van der Waals surface area contributed by atoms with Crippen molar-refractivity contribution in [1.82, 2.24) is 15.0 Å². The van der Waals surface area contributed by atoms with Crippen molar-refractivity contribution < 1.29 is 9.53 Å². The van der Waals surface area contributed by atoms with Crippen molar-refractivity contribution in [2.24, 2.45) is 0 Å². The van der Waals surface area contributed by atoms with Gasteiger partial charge in [0.1, 0.15) is 10.3 Å². The van der Waals surface area contributed by atoms with Crippen molar-refractivity contribution in [3.63, 3.8) is 0 Å².